The molecule has 1 aliphatic heterocycles. The summed E-state index contributed by atoms with van der Waals surface area (Å²) in [6.07, 6.45) is 1.28. The van der Waals surface area contributed by atoms with Crippen LogP contribution >= 0.6 is 0 Å². The number of carbonyl (C=O) groups excluding carboxylic acids is 2. The van der Waals surface area contributed by atoms with Gasteiger partial charge in [-0.25, -0.2) is 8.42 Å². The van der Waals surface area contributed by atoms with Crippen molar-refractivity contribution >= 4 is 32.6 Å². The minimum atomic E-state index is -3.53. The molecule has 1 aliphatic rings. The monoisotopic (exact) mass is 563 g/mol. The summed E-state index contributed by atoms with van der Waals surface area (Å²) in [6, 6.07) is 21.8. The zero-order chi connectivity index (χ0) is 28.9. The van der Waals surface area contributed by atoms with Crippen molar-refractivity contribution in [3.05, 3.63) is 83.4 Å². The van der Waals surface area contributed by atoms with Crippen molar-refractivity contribution in [1.29, 1.82) is 0 Å². The standard InChI is InChI=1S/C32H41N3O4S/c1-5-40(38,39)34(21-24(2)3)23-31(36)35(22-26-12-10-25(4)11-13-26)30-16-18-33(19-17-30)32(37)29-15-14-27-8-6-7-9-28(27)20-29/h6-15,20,24,30H,5,16-19,21-23H2,1-4H3. The number of amides is 2. The highest BCUT2D eigenvalue weighted by atomic mass is 32.2. The Kier molecular flexibility index (Phi) is 9.64. The summed E-state index contributed by atoms with van der Waals surface area (Å²) in [5.74, 6) is -0.139. The Morgan fingerprint density at radius 2 is 1.60 bits per heavy atom. The van der Waals surface area contributed by atoms with Gasteiger partial charge < -0.3 is 9.80 Å². The molecule has 2 amide bonds. The van der Waals surface area contributed by atoms with Crippen molar-refractivity contribution < 1.29 is 18.0 Å². The fraction of sp³-hybridized carbons (Fsp3) is 0.438. The number of benzene rings is 3. The predicted octanol–water partition coefficient (Wildman–Crippen LogP) is 5.09. The van der Waals surface area contributed by atoms with Crippen LogP contribution in [0.1, 0.15) is 55.1 Å². The molecule has 0 saturated carbocycles. The predicted molar refractivity (Wildman–Crippen MR) is 160 cm³/mol. The first kappa shape index (κ1) is 29.7. The van der Waals surface area contributed by atoms with Crippen LogP contribution in [-0.4, -0.2) is 72.3 Å². The maximum absolute atomic E-state index is 13.8. The second-order valence-corrected chi connectivity index (χ2v) is 13.4. The summed E-state index contributed by atoms with van der Waals surface area (Å²) >= 11 is 0. The fourth-order valence-electron chi connectivity index (χ4n) is 5.30. The summed E-state index contributed by atoms with van der Waals surface area (Å²) < 4.78 is 27.0. The van der Waals surface area contributed by atoms with Crippen molar-refractivity contribution in [3.63, 3.8) is 0 Å². The van der Waals surface area contributed by atoms with E-state index in [1.54, 1.807) is 6.92 Å². The lowest BCUT2D eigenvalue weighted by Crippen LogP contribution is -2.51. The quantitative estimate of drug-likeness (QED) is 0.344. The van der Waals surface area contributed by atoms with E-state index >= 15 is 0 Å². The Balaban J connectivity index is 1.50. The Hall–Kier alpha value is -3.23. The number of aryl methyl sites for hydroxylation is 1. The lowest BCUT2D eigenvalue weighted by Gasteiger charge is -2.39. The van der Waals surface area contributed by atoms with E-state index in [-0.39, 0.29) is 36.1 Å². The molecule has 0 N–H and O–H groups in total. The molecule has 8 heteroatoms. The molecule has 0 unspecified atom stereocenters. The molecule has 0 atom stereocenters. The molecule has 0 radical (unpaired) electrons. The molecule has 1 heterocycles. The molecule has 1 saturated heterocycles. The molecule has 1 fully saturated rings. The first-order valence-corrected chi connectivity index (χ1v) is 15.8. The number of carbonyl (C=O) groups is 2. The highest BCUT2D eigenvalue weighted by Crippen LogP contribution is 2.23. The van der Waals surface area contributed by atoms with Crippen LogP contribution in [0, 0.1) is 12.8 Å². The van der Waals surface area contributed by atoms with E-state index < -0.39 is 10.0 Å². The second-order valence-electron chi connectivity index (χ2n) is 11.2. The highest BCUT2D eigenvalue weighted by molar-refractivity contribution is 7.89. The highest BCUT2D eigenvalue weighted by Gasteiger charge is 2.33. The van der Waals surface area contributed by atoms with Crippen LogP contribution in [0.2, 0.25) is 0 Å². The first-order chi connectivity index (χ1) is 19.1. The number of hydrogen-bond acceptors (Lipinski definition) is 4. The average molecular weight is 564 g/mol. The fourth-order valence-corrected chi connectivity index (χ4v) is 6.50. The van der Waals surface area contributed by atoms with Crippen LogP contribution in [0.15, 0.2) is 66.7 Å². The molecule has 7 nitrogen and oxygen atoms in total. The first-order valence-electron chi connectivity index (χ1n) is 14.2. The van der Waals surface area contributed by atoms with E-state index in [4.69, 9.17) is 0 Å². The van der Waals surface area contributed by atoms with Gasteiger partial charge in [0, 0.05) is 37.8 Å². The molecule has 40 heavy (non-hydrogen) atoms. The summed E-state index contributed by atoms with van der Waals surface area (Å²) in [7, 11) is -3.53. The third-order valence-corrected chi connectivity index (χ3v) is 9.42. The Morgan fingerprint density at radius 3 is 2.23 bits per heavy atom. The lowest BCUT2D eigenvalue weighted by atomic mass is 10.00. The van der Waals surface area contributed by atoms with Gasteiger partial charge in [0.1, 0.15) is 0 Å². The van der Waals surface area contributed by atoms with Crippen molar-refractivity contribution in [2.45, 2.75) is 53.1 Å². The van der Waals surface area contributed by atoms with Crippen LogP contribution in [-0.2, 0) is 21.4 Å². The maximum atomic E-state index is 13.8. The third kappa shape index (κ3) is 7.29. The molecule has 0 aliphatic carbocycles. The van der Waals surface area contributed by atoms with Crippen LogP contribution in [0.4, 0.5) is 0 Å². The molecule has 0 bridgehead atoms. The molecule has 4 rings (SSSR count). The van der Waals surface area contributed by atoms with Crippen LogP contribution in [0.5, 0.6) is 0 Å². The number of hydrogen-bond donors (Lipinski definition) is 0. The summed E-state index contributed by atoms with van der Waals surface area (Å²) in [5, 5.41) is 2.13. The molecule has 0 aromatic heterocycles. The van der Waals surface area contributed by atoms with E-state index in [0.717, 1.165) is 21.9 Å². The van der Waals surface area contributed by atoms with Gasteiger partial charge in [0.15, 0.2) is 0 Å². The van der Waals surface area contributed by atoms with Gasteiger partial charge >= 0.3 is 0 Å². The number of fused-ring (bicyclic) bond motifs is 1. The summed E-state index contributed by atoms with van der Waals surface area (Å²) in [4.78, 5) is 30.8. The van der Waals surface area contributed by atoms with Crippen LogP contribution < -0.4 is 0 Å². The SMILES string of the molecule is CCS(=O)(=O)N(CC(=O)N(Cc1ccc(C)cc1)C1CCN(C(=O)c2ccc3ccccc3c2)CC1)CC(C)C. The van der Waals surface area contributed by atoms with E-state index in [1.165, 1.54) is 4.31 Å². The Bertz CT molecular complexity index is 1430. The molecule has 3 aromatic carbocycles. The van der Waals surface area contributed by atoms with Crippen molar-refractivity contribution in [3.8, 4) is 0 Å². The third-order valence-electron chi connectivity index (χ3n) is 7.62. The lowest BCUT2D eigenvalue weighted by molar-refractivity contribution is -0.135. The minimum Gasteiger partial charge on any atom is -0.338 e. The van der Waals surface area contributed by atoms with Gasteiger partial charge in [-0.1, -0.05) is 74.0 Å². The number of nitrogens with zero attached hydrogens (tertiary/aromatic N) is 3. The second kappa shape index (κ2) is 13.0. The number of piperidine rings is 1. The van der Waals surface area contributed by atoms with Crippen molar-refractivity contribution in [1.82, 2.24) is 14.1 Å². The van der Waals surface area contributed by atoms with Crippen LogP contribution in [0.3, 0.4) is 0 Å². The van der Waals surface area contributed by atoms with E-state index in [2.05, 4.69) is 0 Å². The zero-order valence-corrected chi connectivity index (χ0v) is 24.9. The van der Waals surface area contributed by atoms with Gasteiger partial charge in [0.2, 0.25) is 15.9 Å². The largest absolute Gasteiger partial charge is 0.338 e. The topological polar surface area (TPSA) is 78.0 Å². The van der Waals surface area contributed by atoms with E-state index in [1.807, 2.05) is 97.3 Å². The smallest absolute Gasteiger partial charge is 0.253 e. The minimum absolute atomic E-state index is 0.00207. The molecular weight excluding hydrogens is 522 g/mol. The van der Waals surface area contributed by atoms with Gasteiger partial charge in [-0.15, -0.1) is 0 Å². The number of rotatable bonds is 10. The molecular formula is C32H41N3O4S. The Labute approximate surface area is 238 Å². The van der Waals surface area contributed by atoms with E-state index in [0.29, 0.717) is 44.6 Å². The van der Waals surface area contributed by atoms with E-state index in [9.17, 15) is 18.0 Å². The van der Waals surface area contributed by atoms with Gasteiger partial charge in [-0.3, -0.25) is 9.59 Å². The van der Waals surface area contributed by atoms with Crippen LogP contribution in [0.25, 0.3) is 10.8 Å². The number of likely N-dealkylation sites (tertiary alicyclic amines) is 1. The summed E-state index contributed by atoms with van der Waals surface area (Å²) in [5.41, 5.74) is 2.81. The van der Waals surface area contributed by atoms with Gasteiger partial charge in [-0.05, 0) is 61.1 Å². The van der Waals surface area contributed by atoms with Crippen molar-refractivity contribution in [2.24, 2.45) is 5.92 Å². The van der Waals surface area contributed by atoms with Gasteiger partial charge in [0.25, 0.3) is 5.91 Å². The summed E-state index contributed by atoms with van der Waals surface area (Å²) in [6.45, 7) is 9.16. The molecule has 214 valence electrons. The maximum Gasteiger partial charge on any atom is 0.253 e. The normalized spacial score (nSPS) is 14.7. The van der Waals surface area contributed by atoms with Gasteiger partial charge in [-0.2, -0.15) is 4.31 Å². The number of sulfonamides is 1. The van der Waals surface area contributed by atoms with Gasteiger partial charge in [0.05, 0.1) is 12.3 Å². The average Bonchev–Trinajstić information content (AvgIpc) is 2.95. The zero-order valence-electron chi connectivity index (χ0n) is 24.0. The molecule has 0 spiro atoms. The van der Waals surface area contributed by atoms with Crippen molar-refractivity contribution in [2.75, 3.05) is 31.9 Å². The molecule has 3 aromatic rings. The Morgan fingerprint density at radius 1 is 0.950 bits per heavy atom.